The van der Waals surface area contributed by atoms with Gasteiger partial charge in [-0.3, -0.25) is 4.21 Å². The Morgan fingerprint density at radius 1 is 1.31 bits per heavy atom. The van der Waals surface area contributed by atoms with E-state index in [4.69, 9.17) is 4.74 Å². The molecule has 1 aliphatic heterocycles. The fourth-order valence-electron chi connectivity index (χ4n) is 2.00. The maximum absolute atomic E-state index is 11.6. The van der Waals surface area contributed by atoms with Gasteiger partial charge in [-0.1, -0.05) is 12.1 Å². The van der Waals surface area contributed by atoms with Crippen LogP contribution in [0.3, 0.4) is 0 Å². The van der Waals surface area contributed by atoms with Gasteiger partial charge in [0.2, 0.25) is 0 Å². The molecule has 1 heterocycles. The van der Waals surface area contributed by atoms with Crippen LogP contribution in [0, 0.1) is 0 Å². The van der Waals surface area contributed by atoms with Crippen molar-refractivity contribution in [2.45, 2.75) is 19.0 Å². The fourth-order valence-corrected chi connectivity index (χ4v) is 3.45. The van der Waals surface area contributed by atoms with Gasteiger partial charge in [0.05, 0.1) is 7.11 Å². The van der Waals surface area contributed by atoms with Gasteiger partial charge in [0, 0.05) is 34.4 Å². The summed E-state index contributed by atoms with van der Waals surface area (Å²) in [4.78, 5) is 0. The zero-order chi connectivity index (χ0) is 11.5. The zero-order valence-electron chi connectivity index (χ0n) is 9.60. The molecule has 1 N–H and O–H groups in total. The zero-order valence-corrected chi connectivity index (χ0v) is 10.4. The summed E-state index contributed by atoms with van der Waals surface area (Å²) in [6, 6.07) is 8.48. The van der Waals surface area contributed by atoms with Crippen molar-refractivity contribution < 1.29 is 8.95 Å². The minimum absolute atomic E-state index is 0.204. The van der Waals surface area contributed by atoms with Gasteiger partial charge in [0.25, 0.3) is 0 Å². The molecule has 1 aliphatic rings. The molecular weight excluding hydrogens is 222 g/mol. The van der Waals surface area contributed by atoms with Gasteiger partial charge < -0.3 is 10.1 Å². The number of rotatable bonds is 2. The molecule has 1 fully saturated rings. The van der Waals surface area contributed by atoms with Gasteiger partial charge in [0.15, 0.2) is 0 Å². The Morgan fingerprint density at radius 2 is 2.00 bits per heavy atom. The predicted octanol–water partition coefficient (Wildman–Crippen LogP) is 1.48. The first-order valence-corrected chi connectivity index (χ1v) is 6.93. The van der Waals surface area contributed by atoms with Crippen LogP contribution in [0.1, 0.15) is 18.5 Å². The van der Waals surface area contributed by atoms with E-state index in [9.17, 15) is 4.21 Å². The summed E-state index contributed by atoms with van der Waals surface area (Å²) in [6.07, 6.45) is 0. The van der Waals surface area contributed by atoms with Crippen molar-refractivity contribution in [2.24, 2.45) is 0 Å². The Morgan fingerprint density at radius 3 is 2.56 bits per heavy atom. The average Bonchev–Trinajstić information content (AvgIpc) is 2.28. The van der Waals surface area contributed by atoms with Crippen molar-refractivity contribution in [1.29, 1.82) is 0 Å². The highest BCUT2D eigenvalue weighted by Crippen LogP contribution is 2.21. The predicted molar refractivity (Wildman–Crippen MR) is 66.2 cm³/mol. The van der Waals surface area contributed by atoms with Crippen LogP contribution in [-0.4, -0.2) is 28.9 Å². The monoisotopic (exact) mass is 239 g/mol. The minimum Gasteiger partial charge on any atom is -0.497 e. The second-order valence-electron chi connectivity index (χ2n) is 4.17. The Kier molecular flexibility index (Phi) is 3.61. The summed E-state index contributed by atoms with van der Waals surface area (Å²) in [5, 5.41) is 3.47. The van der Waals surface area contributed by atoms with Crippen LogP contribution in [0.2, 0.25) is 0 Å². The van der Waals surface area contributed by atoms with Crippen LogP contribution in [0.5, 0.6) is 5.75 Å². The fraction of sp³-hybridized carbons (Fsp3) is 0.500. The van der Waals surface area contributed by atoms with Crippen molar-refractivity contribution in [1.82, 2.24) is 5.32 Å². The summed E-state index contributed by atoms with van der Waals surface area (Å²) in [5.41, 5.74) is 1.18. The molecule has 3 unspecified atom stereocenters. The number of nitrogens with one attached hydrogen (secondary N) is 1. The lowest BCUT2D eigenvalue weighted by Crippen LogP contribution is -2.43. The molecule has 2 rings (SSSR count). The smallest absolute Gasteiger partial charge is 0.118 e. The van der Waals surface area contributed by atoms with Crippen LogP contribution in [0.4, 0.5) is 0 Å². The molecular formula is C12H17NO2S. The average molecular weight is 239 g/mol. The second kappa shape index (κ2) is 4.97. The molecule has 0 saturated carbocycles. The third kappa shape index (κ3) is 2.62. The van der Waals surface area contributed by atoms with Gasteiger partial charge in [-0.2, -0.15) is 0 Å². The summed E-state index contributed by atoms with van der Waals surface area (Å²) >= 11 is 0. The molecule has 16 heavy (non-hydrogen) atoms. The Bertz CT molecular complexity index is 377. The lowest BCUT2D eigenvalue weighted by molar-refractivity contribution is 0.414. The number of hydrogen-bond donors (Lipinski definition) is 1. The van der Waals surface area contributed by atoms with Crippen molar-refractivity contribution in [2.75, 3.05) is 18.6 Å². The molecule has 3 atom stereocenters. The van der Waals surface area contributed by atoms with Gasteiger partial charge in [0.1, 0.15) is 5.75 Å². The van der Waals surface area contributed by atoms with E-state index < -0.39 is 10.8 Å². The standard InChI is InChI=1S/C12H17NO2S/c1-9-7-16(14)8-12(13-9)10-3-5-11(15-2)6-4-10/h3-6,9,12-13H,7-8H2,1-2H3. The highest BCUT2D eigenvalue weighted by molar-refractivity contribution is 7.85. The van der Waals surface area contributed by atoms with E-state index in [2.05, 4.69) is 12.2 Å². The molecule has 0 spiro atoms. The van der Waals surface area contributed by atoms with Gasteiger partial charge in [-0.25, -0.2) is 0 Å². The van der Waals surface area contributed by atoms with Crippen LogP contribution in [0.25, 0.3) is 0 Å². The maximum Gasteiger partial charge on any atom is 0.118 e. The summed E-state index contributed by atoms with van der Waals surface area (Å²) in [7, 11) is 0.956. The third-order valence-electron chi connectivity index (χ3n) is 2.79. The third-order valence-corrected chi connectivity index (χ3v) is 4.37. The molecule has 0 aliphatic carbocycles. The topological polar surface area (TPSA) is 38.3 Å². The van der Waals surface area contributed by atoms with Crippen LogP contribution in [-0.2, 0) is 10.8 Å². The van der Waals surface area contributed by atoms with Crippen molar-refractivity contribution >= 4 is 10.8 Å². The van der Waals surface area contributed by atoms with Crippen molar-refractivity contribution in [3.05, 3.63) is 29.8 Å². The van der Waals surface area contributed by atoms with Crippen molar-refractivity contribution in [3.63, 3.8) is 0 Å². The largest absolute Gasteiger partial charge is 0.497 e. The highest BCUT2D eigenvalue weighted by atomic mass is 32.2. The summed E-state index contributed by atoms with van der Waals surface area (Å²) in [6.45, 7) is 2.08. The normalized spacial score (nSPS) is 30.0. The van der Waals surface area contributed by atoms with Crippen LogP contribution < -0.4 is 10.1 Å². The quantitative estimate of drug-likeness (QED) is 0.849. The molecule has 0 aromatic heterocycles. The first-order valence-electron chi connectivity index (χ1n) is 5.44. The Balaban J connectivity index is 2.13. The van der Waals surface area contributed by atoms with Gasteiger partial charge in [-0.05, 0) is 24.6 Å². The first-order chi connectivity index (χ1) is 7.69. The molecule has 1 saturated heterocycles. The summed E-state index contributed by atoms with van der Waals surface area (Å²) < 4.78 is 16.7. The van der Waals surface area contributed by atoms with Crippen LogP contribution in [0.15, 0.2) is 24.3 Å². The van der Waals surface area contributed by atoms with Crippen LogP contribution >= 0.6 is 0 Å². The van der Waals surface area contributed by atoms with Gasteiger partial charge >= 0.3 is 0 Å². The number of ether oxygens (including phenoxy) is 1. The lowest BCUT2D eigenvalue weighted by Gasteiger charge is -2.28. The molecule has 4 heteroatoms. The van der Waals surface area contributed by atoms with E-state index >= 15 is 0 Å². The first kappa shape index (κ1) is 11.6. The lowest BCUT2D eigenvalue weighted by atomic mass is 10.1. The van der Waals surface area contributed by atoms with Crippen molar-refractivity contribution in [3.8, 4) is 5.75 Å². The molecule has 0 amide bonds. The molecule has 0 radical (unpaired) electrons. The Hall–Kier alpha value is -0.870. The maximum atomic E-state index is 11.6. The van der Waals surface area contributed by atoms with E-state index in [1.165, 1.54) is 5.56 Å². The molecule has 88 valence electrons. The summed E-state index contributed by atoms with van der Waals surface area (Å²) in [5.74, 6) is 2.32. The molecule has 0 bridgehead atoms. The highest BCUT2D eigenvalue weighted by Gasteiger charge is 2.23. The van der Waals surface area contributed by atoms with Gasteiger partial charge in [-0.15, -0.1) is 0 Å². The van der Waals surface area contributed by atoms with E-state index in [1.54, 1.807) is 7.11 Å². The van der Waals surface area contributed by atoms with E-state index in [-0.39, 0.29) is 6.04 Å². The molecule has 1 aromatic carbocycles. The molecule has 3 nitrogen and oxygen atoms in total. The SMILES string of the molecule is COc1ccc(C2CS(=O)CC(C)N2)cc1. The second-order valence-corrected chi connectivity index (χ2v) is 5.71. The Labute approximate surface area is 98.7 Å². The van der Waals surface area contributed by atoms with E-state index in [0.717, 1.165) is 11.5 Å². The number of hydrogen-bond acceptors (Lipinski definition) is 3. The van der Waals surface area contributed by atoms with E-state index in [0.29, 0.717) is 11.8 Å². The van der Waals surface area contributed by atoms with E-state index in [1.807, 2.05) is 24.3 Å². The molecule has 1 aromatic rings. The number of methoxy groups -OCH3 is 1. The minimum atomic E-state index is -0.702. The number of benzene rings is 1.